The standard InChI is InChI=1S/C14H24N4O/c1-3-8-18(10-12-6-4-5-7-15-12)14(19)13-9-11(2)16-17-13/h9,12,15H,3-8,10H2,1-2H3,(H,16,17). The summed E-state index contributed by atoms with van der Waals surface area (Å²) in [5.41, 5.74) is 1.46. The van der Waals surface area contributed by atoms with E-state index in [4.69, 9.17) is 0 Å². The number of carbonyl (C=O) groups is 1. The van der Waals surface area contributed by atoms with Crippen molar-refractivity contribution in [1.29, 1.82) is 0 Å². The van der Waals surface area contributed by atoms with E-state index in [9.17, 15) is 4.79 Å². The number of hydrogen-bond donors (Lipinski definition) is 2. The summed E-state index contributed by atoms with van der Waals surface area (Å²) in [6.45, 7) is 6.67. The molecule has 106 valence electrons. The van der Waals surface area contributed by atoms with Gasteiger partial charge in [-0.3, -0.25) is 9.89 Å². The number of hydrogen-bond acceptors (Lipinski definition) is 3. The van der Waals surface area contributed by atoms with Crippen LogP contribution in [-0.2, 0) is 0 Å². The third-order valence-electron chi connectivity index (χ3n) is 3.56. The number of aromatic amines is 1. The molecule has 5 heteroatoms. The molecule has 1 saturated heterocycles. The van der Waals surface area contributed by atoms with Gasteiger partial charge in [-0.25, -0.2) is 0 Å². The number of aromatic nitrogens is 2. The number of nitrogens with zero attached hydrogens (tertiary/aromatic N) is 2. The van der Waals surface area contributed by atoms with Gasteiger partial charge in [-0.1, -0.05) is 13.3 Å². The molecule has 2 N–H and O–H groups in total. The normalized spacial score (nSPS) is 19.4. The molecule has 1 aliphatic heterocycles. The fraction of sp³-hybridized carbons (Fsp3) is 0.714. The summed E-state index contributed by atoms with van der Waals surface area (Å²) in [5, 5.41) is 10.4. The lowest BCUT2D eigenvalue weighted by atomic mass is 10.0. The van der Waals surface area contributed by atoms with E-state index in [1.165, 1.54) is 12.8 Å². The molecule has 0 spiro atoms. The lowest BCUT2D eigenvalue weighted by Crippen LogP contribution is -2.46. The maximum Gasteiger partial charge on any atom is 0.274 e. The predicted octanol–water partition coefficient (Wildman–Crippen LogP) is 1.71. The average molecular weight is 264 g/mol. The molecule has 1 atom stereocenters. The van der Waals surface area contributed by atoms with Crippen molar-refractivity contribution in [2.45, 2.75) is 45.6 Å². The van der Waals surface area contributed by atoms with Gasteiger partial charge in [0, 0.05) is 24.8 Å². The first-order valence-corrected chi connectivity index (χ1v) is 7.25. The summed E-state index contributed by atoms with van der Waals surface area (Å²) < 4.78 is 0. The van der Waals surface area contributed by atoms with E-state index in [1.807, 2.05) is 17.9 Å². The second-order valence-corrected chi connectivity index (χ2v) is 5.33. The molecule has 0 aromatic carbocycles. The molecule has 0 saturated carbocycles. The highest BCUT2D eigenvalue weighted by molar-refractivity contribution is 5.92. The van der Waals surface area contributed by atoms with Crippen molar-refractivity contribution in [3.05, 3.63) is 17.5 Å². The third-order valence-corrected chi connectivity index (χ3v) is 3.56. The van der Waals surface area contributed by atoms with Gasteiger partial charge in [0.25, 0.3) is 5.91 Å². The Morgan fingerprint density at radius 2 is 2.37 bits per heavy atom. The minimum absolute atomic E-state index is 0.0403. The van der Waals surface area contributed by atoms with E-state index in [-0.39, 0.29) is 5.91 Å². The molecule has 0 radical (unpaired) electrons. The molecule has 1 amide bonds. The summed E-state index contributed by atoms with van der Waals surface area (Å²) in [6, 6.07) is 2.25. The van der Waals surface area contributed by atoms with Gasteiger partial charge in [0.15, 0.2) is 0 Å². The minimum Gasteiger partial charge on any atom is -0.336 e. The van der Waals surface area contributed by atoms with E-state index in [2.05, 4.69) is 22.4 Å². The lowest BCUT2D eigenvalue weighted by Gasteiger charge is -2.30. The van der Waals surface area contributed by atoms with Gasteiger partial charge in [0.2, 0.25) is 0 Å². The fourth-order valence-corrected chi connectivity index (χ4v) is 2.58. The van der Waals surface area contributed by atoms with E-state index in [1.54, 1.807) is 0 Å². The van der Waals surface area contributed by atoms with Crippen LogP contribution in [0.1, 0.15) is 48.8 Å². The van der Waals surface area contributed by atoms with Crippen molar-refractivity contribution in [2.75, 3.05) is 19.6 Å². The van der Waals surface area contributed by atoms with Crippen molar-refractivity contribution < 1.29 is 4.79 Å². The molecule has 1 fully saturated rings. The molecule has 0 aliphatic carbocycles. The SMILES string of the molecule is CCCN(CC1CCCCN1)C(=O)c1cc(C)[nH]n1. The minimum atomic E-state index is 0.0403. The quantitative estimate of drug-likeness (QED) is 0.851. The summed E-state index contributed by atoms with van der Waals surface area (Å²) in [4.78, 5) is 14.4. The van der Waals surface area contributed by atoms with Gasteiger partial charge in [-0.2, -0.15) is 5.10 Å². The van der Waals surface area contributed by atoms with Crippen LogP contribution in [0.5, 0.6) is 0 Å². The van der Waals surface area contributed by atoms with Crippen molar-refractivity contribution in [1.82, 2.24) is 20.4 Å². The molecule has 1 unspecified atom stereocenters. The van der Waals surface area contributed by atoms with Crippen LogP contribution in [0.15, 0.2) is 6.07 Å². The molecule has 0 bridgehead atoms. The van der Waals surface area contributed by atoms with E-state index in [0.29, 0.717) is 11.7 Å². The highest BCUT2D eigenvalue weighted by Crippen LogP contribution is 2.11. The summed E-state index contributed by atoms with van der Waals surface area (Å²) in [5.74, 6) is 0.0403. The van der Waals surface area contributed by atoms with Crippen LogP contribution in [0.3, 0.4) is 0 Å². The second-order valence-electron chi connectivity index (χ2n) is 5.33. The highest BCUT2D eigenvalue weighted by Gasteiger charge is 2.22. The topological polar surface area (TPSA) is 61.0 Å². The molecule has 1 aliphatic rings. The number of piperidine rings is 1. The lowest BCUT2D eigenvalue weighted by molar-refractivity contribution is 0.0726. The molecule has 2 rings (SSSR count). The monoisotopic (exact) mass is 264 g/mol. The maximum atomic E-state index is 12.4. The van der Waals surface area contributed by atoms with Gasteiger partial charge in [0.05, 0.1) is 0 Å². The summed E-state index contributed by atoms with van der Waals surface area (Å²) >= 11 is 0. The first-order valence-electron chi connectivity index (χ1n) is 7.25. The Bertz CT molecular complexity index is 409. The Morgan fingerprint density at radius 3 is 2.95 bits per heavy atom. The number of nitrogens with one attached hydrogen (secondary N) is 2. The Balaban J connectivity index is 1.99. The van der Waals surface area contributed by atoms with E-state index >= 15 is 0 Å². The number of carbonyl (C=O) groups excluding carboxylic acids is 1. The Hall–Kier alpha value is -1.36. The fourth-order valence-electron chi connectivity index (χ4n) is 2.58. The van der Waals surface area contributed by atoms with Crippen LogP contribution in [0.4, 0.5) is 0 Å². The summed E-state index contributed by atoms with van der Waals surface area (Å²) in [7, 11) is 0. The van der Waals surface area contributed by atoms with E-state index in [0.717, 1.165) is 38.2 Å². The van der Waals surface area contributed by atoms with Crippen molar-refractivity contribution in [2.24, 2.45) is 0 Å². The molecule has 1 aromatic heterocycles. The van der Waals surface area contributed by atoms with Gasteiger partial charge in [-0.15, -0.1) is 0 Å². The Kier molecular flexibility index (Phi) is 4.96. The van der Waals surface area contributed by atoms with Crippen LogP contribution >= 0.6 is 0 Å². The maximum absolute atomic E-state index is 12.4. The molecular weight excluding hydrogens is 240 g/mol. The van der Waals surface area contributed by atoms with E-state index < -0.39 is 0 Å². The number of aryl methyl sites for hydroxylation is 1. The highest BCUT2D eigenvalue weighted by atomic mass is 16.2. The van der Waals surface area contributed by atoms with Crippen molar-refractivity contribution >= 4 is 5.91 Å². The molecular formula is C14H24N4O. The van der Waals surface area contributed by atoms with Gasteiger partial charge >= 0.3 is 0 Å². The van der Waals surface area contributed by atoms with Crippen LogP contribution in [-0.4, -0.2) is 46.7 Å². The van der Waals surface area contributed by atoms with Gasteiger partial charge < -0.3 is 10.2 Å². The number of H-pyrrole nitrogens is 1. The summed E-state index contributed by atoms with van der Waals surface area (Å²) in [6.07, 6.45) is 4.64. The molecule has 19 heavy (non-hydrogen) atoms. The molecule has 5 nitrogen and oxygen atoms in total. The predicted molar refractivity (Wildman–Crippen MR) is 75.2 cm³/mol. The van der Waals surface area contributed by atoms with Crippen molar-refractivity contribution in [3.63, 3.8) is 0 Å². The third kappa shape index (κ3) is 3.80. The smallest absolute Gasteiger partial charge is 0.274 e. The van der Waals surface area contributed by atoms with Gasteiger partial charge in [0.1, 0.15) is 5.69 Å². The average Bonchev–Trinajstić information content (AvgIpc) is 2.85. The zero-order chi connectivity index (χ0) is 13.7. The first kappa shape index (κ1) is 14.1. The van der Waals surface area contributed by atoms with Crippen molar-refractivity contribution in [3.8, 4) is 0 Å². The zero-order valence-electron chi connectivity index (χ0n) is 11.9. The van der Waals surface area contributed by atoms with Gasteiger partial charge in [-0.05, 0) is 38.8 Å². The second kappa shape index (κ2) is 6.70. The number of rotatable bonds is 5. The van der Waals surface area contributed by atoms with Crippen LogP contribution in [0, 0.1) is 6.92 Å². The van der Waals surface area contributed by atoms with Crippen LogP contribution in [0.25, 0.3) is 0 Å². The first-order chi connectivity index (χ1) is 9.20. The zero-order valence-corrected chi connectivity index (χ0v) is 11.9. The Labute approximate surface area is 114 Å². The number of amides is 1. The molecule has 2 heterocycles. The molecule has 1 aromatic rings. The van der Waals surface area contributed by atoms with Crippen LogP contribution < -0.4 is 5.32 Å². The Morgan fingerprint density at radius 1 is 1.53 bits per heavy atom. The van der Waals surface area contributed by atoms with Crippen LogP contribution in [0.2, 0.25) is 0 Å². The largest absolute Gasteiger partial charge is 0.336 e.